The van der Waals surface area contributed by atoms with Crippen molar-refractivity contribution in [2.45, 2.75) is 11.8 Å². The number of amidine groups is 1. The number of aliphatic imine (C=N–C) groups is 1. The molecule has 0 spiro atoms. The van der Waals surface area contributed by atoms with Crippen LogP contribution in [-0.2, 0) is 0 Å². The highest BCUT2D eigenvalue weighted by atomic mass is 32.2. The van der Waals surface area contributed by atoms with Gasteiger partial charge in [-0.2, -0.15) is 0 Å². The molecule has 0 bridgehead atoms. The van der Waals surface area contributed by atoms with Gasteiger partial charge in [0.05, 0.1) is 17.1 Å². The normalized spacial score (nSPS) is 18.1. The highest BCUT2D eigenvalue weighted by Gasteiger charge is 2.31. The smallest absolute Gasteiger partial charge is 0.168 e. The molecule has 2 aromatic rings. The van der Waals surface area contributed by atoms with Crippen LogP contribution in [0.5, 0.6) is 0 Å². The third kappa shape index (κ3) is 1.84. The lowest BCUT2D eigenvalue weighted by Crippen LogP contribution is -2.19. The van der Waals surface area contributed by atoms with Crippen LogP contribution < -0.4 is 0 Å². The Hall–Kier alpha value is -0.910. The summed E-state index contributed by atoms with van der Waals surface area (Å²) in [6.07, 6.45) is 2.15. The van der Waals surface area contributed by atoms with Gasteiger partial charge in [-0.1, -0.05) is 17.8 Å². The second kappa shape index (κ2) is 4.83. The van der Waals surface area contributed by atoms with E-state index in [1.54, 1.807) is 0 Å². The van der Waals surface area contributed by atoms with Crippen LogP contribution in [-0.4, -0.2) is 29.4 Å². The van der Waals surface area contributed by atoms with Crippen molar-refractivity contribution in [3.63, 3.8) is 0 Å². The first-order valence-electron chi connectivity index (χ1n) is 6.55. The zero-order valence-corrected chi connectivity index (χ0v) is 13.8. The molecule has 0 unspecified atom stereocenters. The maximum atomic E-state index is 4.58. The monoisotopic (exact) mass is 318 g/mol. The van der Waals surface area contributed by atoms with E-state index in [1.807, 2.05) is 34.9 Å². The van der Waals surface area contributed by atoms with Crippen LogP contribution in [0.25, 0.3) is 15.8 Å². The van der Waals surface area contributed by atoms with E-state index in [0.29, 0.717) is 0 Å². The molecule has 0 radical (unpaired) electrons. The quantitative estimate of drug-likeness (QED) is 0.744. The third-order valence-electron chi connectivity index (χ3n) is 3.62. The van der Waals surface area contributed by atoms with Gasteiger partial charge in [-0.05, 0) is 31.4 Å². The number of hydrogen-bond donors (Lipinski definition) is 0. The number of rotatable bonds is 2. The molecule has 0 saturated heterocycles. The molecule has 3 heterocycles. The summed E-state index contributed by atoms with van der Waals surface area (Å²) in [5, 5.41) is 2.56. The molecule has 0 saturated carbocycles. The number of thiophene rings is 1. The van der Waals surface area contributed by atoms with Crippen LogP contribution in [0.15, 0.2) is 39.1 Å². The van der Waals surface area contributed by atoms with Crippen molar-refractivity contribution in [1.29, 1.82) is 0 Å². The van der Waals surface area contributed by atoms with Crippen molar-refractivity contribution < 1.29 is 0 Å². The van der Waals surface area contributed by atoms with Gasteiger partial charge in [0.1, 0.15) is 0 Å². The standard InChI is InChI=1S/C15H14N2S3/c1-9-14(17-7-6-16-15(17)19-9)13-8-10-11(18-2)4-3-5-12(10)20-13/h3-5,8H,6-7H2,1-2H3. The molecular formula is C15H14N2S3. The first-order valence-corrected chi connectivity index (χ1v) is 9.41. The molecule has 102 valence electrons. The number of nitrogens with zero attached hydrogens (tertiary/aromatic N) is 2. The predicted octanol–water partition coefficient (Wildman–Crippen LogP) is 4.73. The zero-order valence-electron chi connectivity index (χ0n) is 11.3. The summed E-state index contributed by atoms with van der Waals surface area (Å²) in [5.41, 5.74) is 1.37. The Bertz CT molecular complexity index is 758. The topological polar surface area (TPSA) is 15.6 Å². The Kier molecular flexibility index (Phi) is 3.09. The maximum absolute atomic E-state index is 4.58. The van der Waals surface area contributed by atoms with Crippen LogP contribution in [0.4, 0.5) is 0 Å². The summed E-state index contributed by atoms with van der Waals surface area (Å²) in [6, 6.07) is 8.94. The lowest BCUT2D eigenvalue weighted by molar-refractivity contribution is 0.649. The van der Waals surface area contributed by atoms with E-state index in [0.717, 1.165) is 13.1 Å². The minimum Gasteiger partial charge on any atom is -0.317 e. The van der Waals surface area contributed by atoms with Crippen LogP contribution >= 0.6 is 34.9 Å². The van der Waals surface area contributed by atoms with Gasteiger partial charge >= 0.3 is 0 Å². The van der Waals surface area contributed by atoms with Crippen LogP contribution in [0.2, 0.25) is 0 Å². The molecule has 0 aliphatic carbocycles. The Balaban J connectivity index is 1.87. The Morgan fingerprint density at radius 3 is 3.10 bits per heavy atom. The van der Waals surface area contributed by atoms with Crippen molar-refractivity contribution in [2.24, 2.45) is 4.99 Å². The van der Waals surface area contributed by atoms with Gasteiger partial charge in [-0.25, -0.2) is 0 Å². The van der Waals surface area contributed by atoms with E-state index in [4.69, 9.17) is 0 Å². The Morgan fingerprint density at radius 2 is 2.25 bits per heavy atom. The van der Waals surface area contributed by atoms with Crippen molar-refractivity contribution in [3.05, 3.63) is 34.0 Å². The molecule has 4 rings (SSSR count). The van der Waals surface area contributed by atoms with E-state index < -0.39 is 0 Å². The number of benzene rings is 1. The average Bonchev–Trinajstić information content (AvgIpc) is 3.10. The fraction of sp³-hybridized carbons (Fsp3) is 0.267. The first-order chi connectivity index (χ1) is 9.78. The summed E-state index contributed by atoms with van der Waals surface area (Å²) in [5.74, 6) is 0. The molecule has 2 aliphatic rings. The van der Waals surface area contributed by atoms with Gasteiger partial charge in [0, 0.05) is 26.4 Å². The van der Waals surface area contributed by atoms with Gasteiger partial charge in [-0.15, -0.1) is 23.1 Å². The summed E-state index contributed by atoms with van der Waals surface area (Å²) < 4.78 is 1.38. The molecule has 2 aliphatic heterocycles. The van der Waals surface area contributed by atoms with E-state index in [1.165, 1.54) is 35.6 Å². The molecule has 20 heavy (non-hydrogen) atoms. The Morgan fingerprint density at radius 1 is 1.35 bits per heavy atom. The van der Waals surface area contributed by atoms with Crippen molar-refractivity contribution in [2.75, 3.05) is 19.3 Å². The number of fused-ring (bicyclic) bond motifs is 2. The van der Waals surface area contributed by atoms with Crippen molar-refractivity contribution >= 4 is 55.8 Å². The lowest BCUT2D eigenvalue weighted by Gasteiger charge is -2.15. The minimum absolute atomic E-state index is 0.931. The molecule has 0 fully saturated rings. The summed E-state index contributed by atoms with van der Waals surface area (Å²) in [4.78, 5) is 11.1. The fourth-order valence-electron chi connectivity index (χ4n) is 2.73. The first kappa shape index (κ1) is 12.8. The predicted molar refractivity (Wildman–Crippen MR) is 92.8 cm³/mol. The highest BCUT2D eigenvalue weighted by Crippen LogP contribution is 2.45. The second-order valence-corrected chi connectivity index (χ2v) is 7.92. The van der Waals surface area contributed by atoms with E-state index in [-0.39, 0.29) is 0 Å². The lowest BCUT2D eigenvalue weighted by atomic mass is 10.2. The Labute approximate surface area is 131 Å². The molecule has 1 aromatic carbocycles. The van der Waals surface area contributed by atoms with E-state index >= 15 is 0 Å². The largest absolute Gasteiger partial charge is 0.317 e. The van der Waals surface area contributed by atoms with Crippen LogP contribution in [0.1, 0.15) is 11.8 Å². The van der Waals surface area contributed by atoms with E-state index in [9.17, 15) is 0 Å². The number of allylic oxidation sites excluding steroid dienone is 1. The number of thioether (sulfide) groups is 2. The SMILES string of the molecule is CSc1cccc2sc(C3=C(C)SC4=NCCN43)cc12. The number of hydrogen-bond acceptors (Lipinski definition) is 5. The van der Waals surface area contributed by atoms with Crippen molar-refractivity contribution in [1.82, 2.24) is 4.90 Å². The van der Waals surface area contributed by atoms with Gasteiger partial charge in [0.25, 0.3) is 0 Å². The van der Waals surface area contributed by atoms with Crippen molar-refractivity contribution in [3.8, 4) is 0 Å². The van der Waals surface area contributed by atoms with Gasteiger partial charge in [0.15, 0.2) is 5.17 Å². The molecule has 0 amide bonds. The summed E-state index contributed by atoms with van der Waals surface area (Å²) >= 11 is 5.53. The average molecular weight is 318 g/mol. The van der Waals surface area contributed by atoms with Gasteiger partial charge in [0.2, 0.25) is 0 Å². The molecule has 2 nitrogen and oxygen atoms in total. The summed E-state index contributed by atoms with van der Waals surface area (Å²) in [7, 11) is 0. The molecule has 1 aromatic heterocycles. The molecule has 0 atom stereocenters. The van der Waals surface area contributed by atoms with Crippen LogP contribution in [0, 0.1) is 0 Å². The van der Waals surface area contributed by atoms with E-state index in [2.05, 4.69) is 47.3 Å². The van der Waals surface area contributed by atoms with Gasteiger partial charge in [-0.3, -0.25) is 4.99 Å². The molecule has 5 heteroatoms. The summed E-state index contributed by atoms with van der Waals surface area (Å²) in [6.45, 7) is 4.17. The third-order valence-corrected chi connectivity index (χ3v) is 6.56. The fourth-order valence-corrected chi connectivity index (χ4v) is 5.70. The molecular weight excluding hydrogens is 304 g/mol. The molecule has 0 N–H and O–H groups in total. The van der Waals surface area contributed by atoms with Gasteiger partial charge < -0.3 is 4.90 Å². The van der Waals surface area contributed by atoms with Crippen LogP contribution in [0.3, 0.4) is 0 Å². The highest BCUT2D eigenvalue weighted by molar-refractivity contribution is 8.17. The second-order valence-electron chi connectivity index (χ2n) is 4.81. The minimum atomic E-state index is 0.931. The maximum Gasteiger partial charge on any atom is 0.168 e. The zero-order chi connectivity index (χ0) is 13.7.